The van der Waals surface area contributed by atoms with Crippen LogP contribution in [0.2, 0.25) is 0 Å². The molecule has 2 atom stereocenters. The molecule has 3 aromatic heterocycles. The fourth-order valence-corrected chi connectivity index (χ4v) is 6.32. The average Bonchev–Trinajstić information content (AvgIpc) is 3.59. The number of aliphatic hydroxyl groups excluding tert-OH is 2. The summed E-state index contributed by atoms with van der Waals surface area (Å²) in [5, 5.41) is 40.5. The van der Waals surface area contributed by atoms with Gasteiger partial charge in [-0.05, 0) is 112 Å². The predicted molar refractivity (Wildman–Crippen MR) is 170 cm³/mol. The molecule has 2 unspecified atom stereocenters. The first-order valence-electron chi connectivity index (χ1n) is 14.7. The van der Waals surface area contributed by atoms with Crippen LogP contribution in [0.15, 0.2) is 24.3 Å². The first kappa shape index (κ1) is 33.8. The van der Waals surface area contributed by atoms with Gasteiger partial charge in [-0.2, -0.15) is 0 Å². The van der Waals surface area contributed by atoms with Crippen molar-refractivity contribution in [2.24, 2.45) is 0 Å². The Labute approximate surface area is 270 Å². The number of allylic oxidation sites excluding steroid dienone is 4. The monoisotopic (exact) mass is 656 g/mol. The number of fused-ring (bicyclic) bond motifs is 8. The Morgan fingerprint density at radius 2 is 1.02 bits per heavy atom. The van der Waals surface area contributed by atoms with E-state index in [2.05, 4.69) is 9.97 Å². The number of aromatic nitrogens is 4. The number of aromatic amines is 2. The minimum absolute atomic E-state index is 0. The molecule has 8 bridgehead atoms. The third kappa shape index (κ3) is 6.52. The molecule has 5 rings (SSSR count). The van der Waals surface area contributed by atoms with Gasteiger partial charge in [-0.15, -0.1) is 0 Å². The summed E-state index contributed by atoms with van der Waals surface area (Å²) in [6, 6.07) is 7.51. The normalized spacial score (nSPS) is 14.4. The van der Waals surface area contributed by atoms with Gasteiger partial charge in [-0.25, -0.2) is 9.97 Å². The summed E-state index contributed by atoms with van der Waals surface area (Å²) in [6.45, 7) is 11.1. The molecule has 6 N–H and O–H groups in total. The van der Waals surface area contributed by atoms with Crippen molar-refractivity contribution in [3.05, 3.63) is 69.3 Å². The van der Waals surface area contributed by atoms with Crippen molar-refractivity contribution in [3.8, 4) is 0 Å². The zero-order valence-electron chi connectivity index (χ0n) is 26.1. The number of aliphatic hydroxyl groups is 2. The van der Waals surface area contributed by atoms with Crippen LogP contribution in [0, 0.1) is 13.8 Å². The van der Waals surface area contributed by atoms with Crippen LogP contribution in [0.1, 0.15) is 111 Å². The summed E-state index contributed by atoms with van der Waals surface area (Å²) >= 11 is 0. The minimum atomic E-state index is -0.921. The molecule has 0 aromatic carbocycles. The molecule has 2 aliphatic heterocycles. The van der Waals surface area contributed by atoms with Crippen molar-refractivity contribution in [1.29, 1.82) is 0 Å². The summed E-state index contributed by atoms with van der Waals surface area (Å²) < 4.78 is 0. The summed E-state index contributed by atoms with van der Waals surface area (Å²) in [4.78, 5) is 39.8. The van der Waals surface area contributed by atoms with Gasteiger partial charge in [0.2, 0.25) is 0 Å². The van der Waals surface area contributed by atoms with E-state index in [0.717, 1.165) is 50.0 Å². The van der Waals surface area contributed by atoms with E-state index in [0.29, 0.717) is 39.4 Å². The number of carbonyl (C=O) groups is 2. The smallest absolute Gasteiger partial charge is 0.303 e. The topological polar surface area (TPSA) is 172 Å². The number of carboxylic acid groups (broad SMARTS) is 2. The van der Waals surface area contributed by atoms with E-state index < -0.39 is 24.1 Å². The third-order valence-corrected chi connectivity index (χ3v) is 8.65. The van der Waals surface area contributed by atoms with Gasteiger partial charge in [0.15, 0.2) is 0 Å². The number of hydrogen-bond acceptors (Lipinski definition) is 6. The molecule has 0 saturated heterocycles. The Morgan fingerprint density at radius 3 is 1.42 bits per heavy atom. The Morgan fingerprint density at radius 1 is 0.644 bits per heavy atom. The van der Waals surface area contributed by atoms with Gasteiger partial charge in [0.1, 0.15) is 0 Å². The van der Waals surface area contributed by atoms with Crippen molar-refractivity contribution in [1.82, 2.24) is 19.9 Å². The number of nitrogens with zero attached hydrogens (tertiary/aromatic N) is 2. The maximum atomic E-state index is 11.6. The van der Waals surface area contributed by atoms with Gasteiger partial charge in [-0.1, -0.05) is 0 Å². The van der Waals surface area contributed by atoms with Crippen LogP contribution in [0.4, 0.5) is 0 Å². The number of H-pyrrole nitrogens is 2. The van der Waals surface area contributed by atoms with E-state index in [1.54, 1.807) is 13.8 Å². The fourth-order valence-electron chi connectivity index (χ4n) is 6.32. The van der Waals surface area contributed by atoms with Crippen molar-refractivity contribution in [2.75, 3.05) is 0 Å². The third-order valence-electron chi connectivity index (χ3n) is 8.65. The Hall–Kier alpha value is -4.05. The van der Waals surface area contributed by atoms with Gasteiger partial charge >= 0.3 is 11.9 Å². The summed E-state index contributed by atoms with van der Waals surface area (Å²) in [7, 11) is 0. The van der Waals surface area contributed by atoms with E-state index in [4.69, 9.17) is 9.97 Å². The maximum Gasteiger partial charge on any atom is 0.303 e. The van der Waals surface area contributed by atoms with Crippen LogP contribution in [0.5, 0.6) is 0 Å². The molecule has 0 amide bonds. The molecule has 240 valence electrons. The predicted octanol–water partition coefficient (Wildman–Crippen LogP) is 6.63. The number of aliphatic carboxylic acids is 2. The number of carboxylic acids is 2. The van der Waals surface area contributed by atoms with Crippen LogP contribution in [-0.4, -0.2) is 52.3 Å². The Balaban J connectivity index is 0.00000461. The van der Waals surface area contributed by atoms with Gasteiger partial charge in [-0.3, -0.25) is 9.59 Å². The van der Waals surface area contributed by atoms with Crippen molar-refractivity contribution >= 4 is 56.3 Å². The molecule has 2 aliphatic rings. The van der Waals surface area contributed by atoms with E-state index in [1.807, 2.05) is 52.0 Å². The molecule has 0 radical (unpaired) electrons. The van der Waals surface area contributed by atoms with Crippen molar-refractivity contribution in [2.45, 2.75) is 79.4 Å². The molecule has 0 saturated carbocycles. The summed E-state index contributed by atoms with van der Waals surface area (Å²) in [5.74, 6) is -1.84. The zero-order valence-corrected chi connectivity index (χ0v) is 27.1. The second-order valence-corrected chi connectivity index (χ2v) is 11.7. The van der Waals surface area contributed by atoms with Gasteiger partial charge in [0, 0.05) is 62.5 Å². The molecular weight excluding hydrogens is 619 g/mol. The number of hydrogen-bond donors (Lipinski definition) is 6. The largest absolute Gasteiger partial charge is 0.481 e. The van der Waals surface area contributed by atoms with Gasteiger partial charge in [0.05, 0.1) is 35.0 Å². The van der Waals surface area contributed by atoms with E-state index in [1.165, 1.54) is 0 Å². The molecule has 0 aliphatic carbocycles. The zero-order chi connectivity index (χ0) is 32.0. The minimum Gasteiger partial charge on any atom is -0.481 e. The Kier molecular flexibility index (Phi) is 9.87. The van der Waals surface area contributed by atoms with Crippen LogP contribution in [0.3, 0.4) is 0 Å². The fraction of sp³-hybridized carbons (Fsp3) is 0.353. The SMILES string of the molecule is CC1=C(CCC(=O)O)c2cc3nc(cc4[nH]c(cc5[nH]c(cc1n2)c(C)c5C(C)O)c(C)c4C(C)O)C(C)=C3CCC(=O)O.[Ni]. The molecular formula is C34H38N4NiO6. The molecule has 5 heterocycles. The van der Waals surface area contributed by atoms with Gasteiger partial charge < -0.3 is 30.4 Å². The standard InChI is InChI=1S/C34H38N4O6.Ni/c1-15-21(7-9-31(41)42)27-14-28-22(8-10-32(43)44)16(2)24(36-28)12-29-34(20(6)40)18(4)26(38-29)13-30-33(19(5)39)17(3)25(37-30)11-23(15)35-27;/h11-14,19-20,37-40H,7-10H2,1-6H3,(H,41,42)(H,43,44);. The van der Waals surface area contributed by atoms with Gasteiger partial charge in [0.25, 0.3) is 0 Å². The van der Waals surface area contributed by atoms with E-state index in [9.17, 15) is 30.0 Å². The van der Waals surface area contributed by atoms with Crippen LogP contribution < -0.4 is 0 Å². The van der Waals surface area contributed by atoms with Crippen LogP contribution in [0.25, 0.3) is 44.4 Å². The Bertz CT molecular complexity index is 1930. The molecule has 11 heteroatoms. The quantitative estimate of drug-likeness (QED) is 0.147. The van der Waals surface area contributed by atoms with Crippen molar-refractivity contribution < 1.29 is 46.5 Å². The summed E-state index contributed by atoms with van der Waals surface area (Å²) in [6.07, 6.45) is -1.18. The number of aryl methyl sites for hydroxylation is 2. The van der Waals surface area contributed by atoms with Crippen LogP contribution >= 0.6 is 0 Å². The van der Waals surface area contributed by atoms with E-state index >= 15 is 0 Å². The second kappa shape index (κ2) is 13.1. The van der Waals surface area contributed by atoms with Crippen molar-refractivity contribution in [3.63, 3.8) is 0 Å². The number of nitrogens with one attached hydrogen (secondary N) is 2. The first-order valence-corrected chi connectivity index (χ1v) is 14.7. The molecule has 0 fully saturated rings. The maximum absolute atomic E-state index is 11.6. The molecule has 10 nitrogen and oxygen atoms in total. The van der Waals surface area contributed by atoms with E-state index in [-0.39, 0.29) is 42.2 Å². The molecule has 0 spiro atoms. The number of rotatable bonds is 8. The first-order chi connectivity index (χ1) is 20.8. The average molecular weight is 657 g/mol. The summed E-state index contributed by atoms with van der Waals surface area (Å²) in [5.41, 5.74) is 11.7. The van der Waals surface area contributed by atoms with Crippen LogP contribution in [-0.2, 0) is 26.1 Å². The molecule has 45 heavy (non-hydrogen) atoms. The molecule has 3 aromatic rings. The second-order valence-electron chi connectivity index (χ2n) is 11.7.